The van der Waals surface area contributed by atoms with Crippen molar-refractivity contribution in [1.82, 2.24) is 4.98 Å². The molecule has 0 bridgehead atoms. The summed E-state index contributed by atoms with van der Waals surface area (Å²) in [5, 5.41) is 1.76. The zero-order valence-corrected chi connectivity index (χ0v) is 12.8. The minimum atomic E-state index is -0.508. The van der Waals surface area contributed by atoms with Gasteiger partial charge in [-0.05, 0) is 36.8 Å². The summed E-state index contributed by atoms with van der Waals surface area (Å²) in [6, 6.07) is 10.4. The minimum Gasteiger partial charge on any atom is -0.435 e. The van der Waals surface area contributed by atoms with Crippen LogP contribution in [0.15, 0.2) is 47.1 Å². The maximum atomic E-state index is 14.0. The molecule has 0 spiro atoms. The third-order valence-corrected chi connectivity index (χ3v) is 3.94. The number of pyridine rings is 1. The lowest BCUT2D eigenvalue weighted by molar-refractivity contribution is 0.432. The first-order valence-electron chi connectivity index (χ1n) is 6.33. The quantitative estimate of drug-likeness (QED) is 0.676. The van der Waals surface area contributed by atoms with Gasteiger partial charge in [-0.3, -0.25) is 0 Å². The molecule has 0 aliphatic carbocycles. The van der Waals surface area contributed by atoms with Gasteiger partial charge >= 0.3 is 0 Å². The van der Waals surface area contributed by atoms with E-state index in [9.17, 15) is 4.39 Å². The molecule has 0 aliphatic rings. The van der Waals surface area contributed by atoms with Crippen molar-refractivity contribution in [3.8, 4) is 11.6 Å². The molecular weight excluding hydrogens is 335 g/mol. The van der Waals surface area contributed by atoms with Crippen molar-refractivity contribution in [2.45, 2.75) is 6.92 Å². The lowest BCUT2D eigenvalue weighted by Gasteiger charge is -2.11. The SMILES string of the molecule is Cc1cc(Oc2nccc3c(Br)cccc23)c(F)cc1N. The number of aromatic nitrogens is 1. The molecule has 0 aliphatic heterocycles. The van der Waals surface area contributed by atoms with Crippen molar-refractivity contribution in [1.29, 1.82) is 0 Å². The molecule has 0 amide bonds. The Kier molecular flexibility index (Phi) is 3.51. The van der Waals surface area contributed by atoms with E-state index in [1.54, 1.807) is 19.2 Å². The van der Waals surface area contributed by atoms with Crippen LogP contribution >= 0.6 is 15.9 Å². The van der Waals surface area contributed by atoms with Crippen LogP contribution in [0.2, 0.25) is 0 Å². The fraction of sp³-hybridized carbons (Fsp3) is 0.0625. The summed E-state index contributed by atoms with van der Waals surface area (Å²) in [6.45, 7) is 1.80. The zero-order chi connectivity index (χ0) is 15.0. The summed E-state index contributed by atoms with van der Waals surface area (Å²) >= 11 is 3.48. The monoisotopic (exact) mass is 346 g/mol. The summed E-state index contributed by atoms with van der Waals surface area (Å²) in [5.74, 6) is -0.0366. The smallest absolute Gasteiger partial charge is 0.227 e. The van der Waals surface area contributed by atoms with Gasteiger partial charge in [0, 0.05) is 33.2 Å². The highest BCUT2D eigenvalue weighted by molar-refractivity contribution is 9.10. The molecule has 5 heteroatoms. The summed E-state index contributed by atoms with van der Waals surface area (Å²) in [7, 11) is 0. The Hall–Kier alpha value is -2.14. The van der Waals surface area contributed by atoms with Gasteiger partial charge in [-0.1, -0.05) is 22.0 Å². The Balaban J connectivity index is 2.11. The summed E-state index contributed by atoms with van der Waals surface area (Å²) in [6.07, 6.45) is 1.63. The number of anilines is 1. The van der Waals surface area contributed by atoms with Crippen LogP contribution in [-0.2, 0) is 0 Å². The molecule has 3 nitrogen and oxygen atoms in total. The fourth-order valence-electron chi connectivity index (χ4n) is 2.08. The van der Waals surface area contributed by atoms with E-state index in [4.69, 9.17) is 10.5 Å². The maximum Gasteiger partial charge on any atom is 0.227 e. The lowest BCUT2D eigenvalue weighted by atomic mass is 10.1. The standard InChI is InChI=1S/C16H12BrFN2O/c1-9-7-15(13(18)8-14(9)19)21-16-11-3-2-4-12(17)10(11)5-6-20-16/h2-8H,19H2,1H3. The molecule has 0 saturated carbocycles. The number of aryl methyl sites for hydroxylation is 1. The van der Waals surface area contributed by atoms with E-state index in [0.29, 0.717) is 11.6 Å². The number of nitrogens with two attached hydrogens (primary N) is 1. The first-order valence-corrected chi connectivity index (χ1v) is 7.12. The number of nitrogen functional groups attached to an aromatic ring is 1. The number of rotatable bonds is 2. The molecule has 21 heavy (non-hydrogen) atoms. The number of ether oxygens (including phenoxy) is 1. The summed E-state index contributed by atoms with van der Waals surface area (Å²) in [5.41, 5.74) is 6.83. The molecule has 0 radical (unpaired) electrons. The number of hydrogen-bond donors (Lipinski definition) is 1. The van der Waals surface area contributed by atoms with Crippen LogP contribution in [0, 0.1) is 12.7 Å². The van der Waals surface area contributed by atoms with Crippen LogP contribution in [0.1, 0.15) is 5.56 Å². The highest BCUT2D eigenvalue weighted by atomic mass is 79.9. The predicted molar refractivity (Wildman–Crippen MR) is 85.1 cm³/mol. The molecule has 106 valence electrons. The van der Waals surface area contributed by atoms with Crippen molar-refractivity contribution >= 4 is 32.4 Å². The first kappa shape index (κ1) is 13.8. The van der Waals surface area contributed by atoms with Gasteiger partial charge in [0.1, 0.15) is 0 Å². The third kappa shape index (κ3) is 2.56. The summed E-state index contributed by atoms with van der Waals surface area (Å²) in [4.78, 5) is 4.20. The molecule has 0 saturated heterocycles. The Labute approximate surface area is 129 Å². The van der Waals surface area contributed by atoms with E-state index in [1.807, 2.05) is 24.3 Å². The molecule has 0 atom stereocenters. The van der Waals surface area contributed by atoms with Crippen molar-refractivity contribution in [2.75, 3.05) is 5.73 Å². The maximum absolute atomic E-state index is 14.0. The second-order valence-corrected chi connectivity index (χ2v) is 5.55. The van der Waals surface area contributed by atoms with E-state index < -0.39 is 5.82 Å². The van der Waals surface area contributed by atoms with Gasteiger partial charge in [-0.15, -0.1) is 0 Å². The predicted octanol–water partition coefficient (Wildman–Crippen LogP) is 4.82. The second kappa shape index (κ2) is 5.33. The Morgan fingerprint density at radius 3 is 2.81 bits per heavy atom. The Morgan fingerprint density at radius 2 is 2.00 bits per heavy atom. The van der Waals surface area contributed by atoms with Gasteiger partial charge in [0.2, 0.25) is 5.88 Å². The third-order valence-electron chi connectivity index (χ3n) is 3.24. The van der Waals surface area contributed by atoms with Gasteiger partial charge in [-0.25, -0.2) is 9.37 Å². The number of fused-ring (bicyclic) bond motifs is 1. The van der Waals surface area contributed by atoms with E-state index in [0.717, 1.165) is 20.8 Å². The van der Waals surface area contributed by atoms with E-state index >= 15 is 0 Å². The van der Waals surface area contributed by atoms with Crippen molar-refractivity contribution < 1.29 is 9.13 Å². The van der Waals surface area contributed by atoms with Gasteiger partial charge in [0.25, 0.3) is 0 Å². The average molecular weight is 347 g/mol. The van der Waals surface area contributed by atoms with Crippen LogP contribution < -0.4 is 10.5 Å². The van der Waals surface area contributed by atoms with Crippen molar-refractivity contribution in [3.63, 3.8) is 0 Å². The molecular formula is C16H12BrFN2O. The topological polar surface area (TPSA) is 48.1 Å². The Bertz CT molecular complexity index is 836. The Morgan fingerprint density at radius 1 is 1.19 bits per heavy atom. The number of halogens is 2. The molecule has 0 unspecified atom stereocenters. The van der Waals surface area contributed by atoms with Gasteiger partial charge in [0.15, 0.2) is 11.6 Å². The van der Waals surface area contributed by atoms with Crippen molar-refractivity contribution in [2.24, 2.45) is 0 Å². The van der Waals surface area contributed by atoms with Gasteiger partial charge < -0.3 is 10.5 Å². The number of benzene rings is 2. The minimum absolute atomic E-state index is 0.113. The van der Waals surface area contributed by atoms with E-state index in [-0.39, 0.29) is 5.75 Å². The molecule has 1 aromatic heterocycles. The van der Waals surface area contributed by atoms with Crippen LogP contribution in [0.25, 0.3) is 10.8 Å². The van der Waals surface area contributed by atoms with Gasteiger partial charge in [0.05, 0.1) is 0 Å². The zero-order valence-electron chi connectivity index (χ0n) is 11.2. The molecule has 3 rings (SSSR count). The van der Waals surface area contributed by atoms with Crippen LogP contribution in [-0.4, -0.2) is 4.98 Å². The molecule has 2 aromatic carbocycles. The normalized spacial score (nSPS) is 10.8. The average Bonchev–Trinajstić information content (AvgIpc) is 2.46. The van der Waals surface area contributed by atoms with Crippen LogP contribution in [0.4, 0.5) is 10.1 Å². The summed E-state index contributed by atoms with van der Waals surface area (Å²) < 4.78 is 20.5. The highest BCUT2D eigenvalue weighted by Crippen LogP contribution is 2.33. The van der Waals surface area contributed by atoms with E-state index in [1.165, 1.54) is 6.07 Å². The van der Waals surface area contributed by atoms with E-state index in [2.05, 4.69) is 20.9 Å². The molecule has 3 aromatic rings. The highest BCUT2D eigenvalue weighted by Gasteiger charge is 2.11. The fourth-order valence-corrected chi connectivity index (χ4v) is 2.57. The molecule has 0 fully saturated rings. The number of hydrogen-bond acceptors (Lipinski definition) is 3. The second-order valence-electron chi connectivity index (χ2n) is 4.69. The molecule has 2 N–H and O–H groups in total. The van der Waals surface area contributed by atoms with Crippen LogP contribution in [0.3, 0.4) is 0 Å². The number of nitrogens with zero attached hydrogens (tertiary/aromatic N) is 1. The molecule has 1 heterocycles. The van der Waals surface area contributed by atoms with Crippen molar-refractivity contribution in [3.05, 3.63) is 58.4 Å². The first-order chi connectivity index (χ1) is 10.1. The van der Waals surface area contributed by atoms with Crippen LogP contribution in [0.5, 0.6) is 11.6 Å². The van der Waals surface area contributed by atoms with Gasteiger partial charge in [-0.2, -0.15) is 0 Å². The lowest BCUT2D eigenvalue weighted by Crippen LogP contribution is -1.96. The largest absolute Gasteiger partial charge is 0.435 e.